The molecule has 2 atom stereocenters. The van der Waals surface area contributed by atoms with Crippen LogP contribution in [0.4, 0.5) is 4.79 Å². The molecule has 0 spiro atoms. The minimum Gasteiger partial charge on any atom is -0.480 e. The zero-order valence-corrected chi connectivity index (χ0v) is 10.2. The van der Waals surface area contributed by atoms with Crippen molar-refractivity contribution in [2.75, 3.05) is 6.54 Å². The van der Waals surface area contributed by atoms with E-state index in [2.05, 4.69) is 11.9 Å². The Kier molecular flexibility index (Phi) is 5.00. The van der Waals surface area contributed by atoms with Crippen LogP contribution in [0.5, 0.6) is 0 Å². The normalized spacial score (nSPS) is 22.4. The first kappa shape index (κ1) is 13.5. The van der Waals surface area contributed by atoms with Crippen LogP contribution in [-0.2, 0) is 4.79 Å². The average Bonchev–Trinajstić information content (AvgIpc) is 2.53. The van der Waals surface area contributed by atoms with Crippen LogP contribution in [0.15, 0.2) is 12.7 Å². The topological polar surface area (TPSA) is 69.6 Å². The Balaban J connectivity index is 2.71. The number of nitrogens with one attached hydrogen (secondary N) is 1. The second kappa shape index (κ2) is 6.27. The highest BCUT2D eigenvalue weighted by Gasteiger charge is 2.30. The van der Waals surface area contributed by atoms with Gasteiger partial charge < -0.3 is 15.3 Å². The quantitative estimate of drug-likeness (QED) is 0.736. The van der Waals surface area contributed by atoms with E-state index in [1.54, 1.807) is 13.0 Å². The molecule has 0 radical (unpaired) electrons. The Labute approximate surface area is 101 Å². The fraction of sp³-hybridized carbons (Fsp3) is 0.667. The molecule has 1 fully saturated rings. The number of carbonyl (C=O) groups is 2. The number of carboxylic acid groups (broad SMARTS) is 1. The smallest absolute Gasteiger partial charge is 0.326 e. The average molecular weight is 240 g/mol. The minimum absolute atomic E-state index is 0.153. The van der Waals surface area contributed by atoms with E-state index in [0.717, 1.165) is 19.3 Å². The zero-order chi connectivity index (χ0) is 12.8. The standard InChI is InChI=1S/C12H20N2O3/c1-3-9(2)13-12(17)14-8-6-4-5-7-10(14)11(15)16/h3,9-10H,1,4-8H2,2H3,(H,13,17)(H,15,16). The molecule has 0 aliphatic carbocycles. The Hall–Kier alpha value is -1.52. The van der Waals surface area contributed by atoms with Gasteiger partial charge in [0.15, 0.2) is 0 Å². The van der Waals surface area contributed by atoms with Crippen LogP contribution in [0.25, 0.3) is 0 Å². The molecular formula is C12H20N2O3. The summed E-state index contributed by atoms with van der Waals surface area (Å²) < 4.78 is 0. The lowest BCUT2D eigenvalue weighted by Crippen LogP contribution is -2.50. The predicted octanol–water partition coefficient (Wildman–Crippen LogP) is 1.60. The summed E-state index contributed by atoms with van der Waals surface area (Å²) in [6, 6.07) is -1.17. The number of nitrogens with zero attached hydrogens (tertiary/aromatic N) is 1. The molecule has 0 saturated carbocycles. The molecule has 0 aromatic heterocycles. The molecule has 2 N–H and O–H groups in total. The number of aliphatic carboxylic acids is 1. The maximum Gasteiger partial charge on any atom is 0.326 e. The number of carbonyl (C=O) groups excluding carboxylic acids is 1. The van der Waals surface area contributed by atoms with Crippen LogP contribution in [0.2, 0.25) is 0 Å². The van der Waals surface area contributed by atoms with Crippen molar-refractivity contribution in [3.05, 3.63) is 12.7 Å². The summed E-state index contributed by atoms with van der Waals surface area (Å²) in [6.07, 6.45) is 4.85. The van der Waals surface area contributed by atoms with Gasteiger partial charge in [-0.1, -0.05) is 18.9 Å². The van der Waals surface area contributed by atoms with Gasteiger partial charge in [0.25, 0.3) is 0 Å². The van der Waals surface area contributed by atoms with Crippen molar-refractivity contribution < 1.29 is 14.7 Å². The van der Waals surface area contributed by atoms with E-state index in [0.29, 0.717) is 13.0 Å². The summed E-state index contributed by atoms with van der Waals surface area (Å²) in [7, 11) is 0. The van der Waals surface area contributed by atoms with Crippen molar-refractivity contribution in [1.82, 2.24) is 10.2 Å². The van der Waals surface area contributed by atoms with Crippen molar-refractivity contribution in [1.29, 1.82) is 0 Å². The molecule has 1 aliphatic heterocycles. The molecule has 2 unspecified atom stereocenters. The largest absolute Gasteiger partial charge is 0.480 e. The number of urea groups is 1. The Morgan fingerprint density at radius 1 is 1.47 bits per heavy atom. The molecular weight excluding hydrogens is 220 g/mol. The Bertz CT molecular complexity index is 304. The highest BCUT2D eigenvalue weighted by atomic mass is 16.4. The van der Waals surface area contributed by atoms with Gasteiger partial charge in [0, 0.05) is 12.6 Å². The second-order valence-electron chi connectivity index (χ2n) is 4.37. The minimum atomic E-state index is -0.923. The maximum absolute atomic E-state index is 11.9. The van der Waals surface area contributed by atoms with E-state index in [9.17, 15) is 9.59 Å². The Morgan fingerprint density at radius 3 is 2.76 bits per heavy atom. The van der Waals surface area contributed by atoms with Gasteiger partial charge in [-0.2, -0.15) is 0 Å². The highest BCUT2D eigenvalue weighted by molar-refractivity contribution is 5.83. The van der Waals surface area contributed by atoms with Crippen molar-refractivity contribution in [3.63, 3.8) is 0 Å². The Morgan fingerprint density at radius 2 is 2.18 bits per heavy atom. The lowest BCUT2D eigenvalue weighted by molar-refractivity contribution is -0.142. The van der Waals surface area contributed by atoms with Gasteiger partial charge in [-0.15, -0.1) is 6.58 Å². The second-order valence-corrected chi connectivity index (χ2v) is 4.37. The third-order valence-electron chi connectivity index (χ3n) is 3.00. The third kappa shape index (κ3) is 3.76. The summed E-state index contributed by atoms with van der Waals surface area (Å²) in [5.41, 5.74) is 0. The number of hydrogen-bond acceptors (Lipinski definition) is 2. The molecule has 5 nitrogen and oxygen atoms in total. The summed E-state index contributed by atoms with van der Waals surface area (Å²) in [5, 5.41) is 11.8. The SMILES string of the molecule is C=CC(C)NC(=O)N1CCCCCC1C(=O)O. The first-order valence-electron chi connectivity index (χ1n) is 5.98. The number of hydrogen-bond donors (Lipinski definition) is 2. The molecule has 1 rings (SSSR count). The first-order chi connectivity index (χ1) is 8.06. The van der Waals surface area contributed by atoms with E-state index >= 15 is 0 Å². The van der Waals surface area contributed by atoms with Crippen LogP contribution in [0, 0.1) is 0 Å². The number of rotatable bonds is 3. The first-order valence-corrected chi connectivity index (χ1v) is 5.98. The maximum atomic E-state index is 11.9. The van der Waals surface area contributed by atoms with Gasteiger partial charge in [-0.05, 0) is 19.8 Å². The molecule has 1 saturated heterocycles. The van der Waals surface area contributed by atoms with Crippen LogP contribution in [-0.4, -0.2) is 40.6 Å². The van der Waals surface area contributed by atoms with Gasteiger partial charge in [0.2, 0.25) is 0 Å². The van der Waals surface area contributed by atoms with E-state index in [1.165, 1.54) is 4.90 Å². The summed E-state index contributed by atoms with van der Waals surface area (Å²) in [4.78, 5) is 24.5. The summed E-state index contributed by atoms with van der Waals surface area (Å²) >= 11 is 0. The monoisotopic (exact) mass is 240 g/mol. The van der Waals surface area contributed by atoms with E-state index in [4.69, 9.17) is 5.11 Å². The molecule has 1 heterocycles. The van der Waals surface area contributed by atoms with Crippen molar-refractivity contribution in [2.24, 2.45) is 0 Å². The summed E-state index contributed by atoms with van der Waals surface area (Å²) in [6.45, 7) is 5.89. The molecule has 1 aliphatic rings. The van der Waals surface area contributed by atoms with Crippen molar-refractivity contribution in [3.8, 4) is 0 Å². The van der Waals surface area contributed by atoms with Gasteiger partial charge in [-0.25, -0.2) is 9.59 Å². The molecule has 0 aromatic rings. The van der Waals surface area contributed by atoms with Crippen LogP contribution < -0.4 is 5.32 Å². The van der Waals surface area contributed by atoms with Crippen molar-refractivity contribution in [2.45, 2.75) is 44.7 Å². The predicted molar refractivity (Wildman–Crippen MR) is 64.8 cm³/mol. The lowest BCUT2D eigenvalue weighted by Gasteiger charge is -2.28. The molecule has 17 heavy (non-hydrogen) atoms. The van der Waals surface area contributed by atoms with Crippen LogP contribution >= 0.6 is 0 Å². The zero-order valence-electron chi connectivity index (χ0n) is 10.2. The van der Waals surface area contributed by atoms with Gasteiger partial charge >= 0.3 is 12.0 Å². The van der Waals surface area contributed by atoms with Crippen LogP contribution in [0.3, 0.4) is 0 Å². The van der Waals surface area contributed by atoms with Gasteiger partial charge in [0.05, 0.1) is 0 Å². The lowest BCUT2D eigenvalue weighted by atomic mass is 10.1. The van der Waals surface area contributed by atoms with Crippen LogP contribution in [0.1, 0.15) is 32.6 Å². The highest BCUT2D eigenvalue weighted by Crippen LogP contribution is 2.17. The fourth-order valence-electron chi connectivity index (χ4n) is 1.94. The van der Waals surface area contributed by atoms with E-state index < -0.39 is 12.0 Å². The molecule has 2 amide bonds. The fourth-order valence-corrected chi connectivity index (χ4v) is 1.94. The third-order valence-corrected chi connectivity index (χ3v) is 3.00. The molecule has 96 valence electrons. The van der Waals surface area contributed by atoms with E-state index in [-0.39, 0.29) is 12.1 Å². The summed E-state index contributed by atoms with van der Waals surface area (Å²) in [5.74, 6) is -0.923. The number of likely N-dealkylation sites (tertiary alicyclic amines) is 1. The number of amides is 2. The van der Waals surface area contributed by atoms with Gasteiger partial charge in [-0.3, -0.25) is 0 Å². The van der Waals surface area contributed by atoms with E-state index in [1.807, 2.05) is 0 Å². The number of carboxylic acids is 1. The molecule has 0 aromatic carbocycles. The molecule has 0 bridgehead atoms. The van der Waals surface area contributed by atoms with Gasteiger partial charge in [0.1, 0.15) is 6.04 Å². The molecule has 5 heteroatoms. The van der Waals surface area contributed by atoms with Crippen molar-refractivity contribution >= 4 is 12.0 Å².